The monoisotopic (exact) mass is 181 g/mol. The second kappa shape index (κ2) is 3.31. The van der Waals surface area contributed by atoms with Crippen molar-refractivity contribution < 1.29 is 0 Å². The molecule has 0 fully saturated rings. The van der Waals surface area contributed by atoms with Crippen LogP contribution < -0.4 is 5.32 Å². The van der Waals surface area contributed by atoms with E-state index in [9.17, 15) is 0 Å². The number of H-pyrrole nitrogens is 1. The molecule has 6 heteroatoms. The normalized spacial score (nSPS) is 10.0. The molecule has 0 atom stereocenters. The predicted octanol–water partition coefficient (Wildman–Crippen LogP) is 0.873. The highest BCUT2D eigenvalue weighted by atomic mass is 32.1. The fourth-order valence-corrected chi connectivity index (χ4v) is 1.25. The molecule has 2 aromatic heterocycles. The molecule has 0 aromatic carbocycles. The van der Waals surface area contributed by atoms with Crippen LogP contribution in [0.5, 0.6) is 0 Å². The second-order valence-corrected chi connectivity index (χ2v) is 3.01. The number of aromatic amines is 1. The van der Waals surface area contributed by atoms with Crippen molar-refractivity contribution in [1.82, 2.24) is 20.4 Å². The maximum atomic E-state index is 3.84. The Morgan fingerprint density at radius 1 is 1.58 bits per heavy atom. The summed E-state index contributed by atoms with van der Waals surface area (Å²) < 4.78 is 0. The smallest absolute Gasteiger partial charge is 0.205 e. The van der Waals surface area contributed by atoms with Gasteiger partial charge >= 0.3 is 0 Å². The fourth-order valence-electron chi connectivity index (χ4n) is 0.804. The van der Waals surface area contributed by atoms with Crippen LogP contribution in [0.15, 0.2) is 17.8 Å². The van der Waals surface area contributed by atoms with Crippen LogP contribution in [-0.2, 0) is 6.54 Å². The van der Waals surface area contributed by atoms with Gasteiger partial charge in [-0.3, -0.25) is 5.10 Å². The van der Waals surface area contributed by atoms with Gasteiger partial charge in [-0.05, 0) is 6.07 Å². The van der Waals surface area contributed by atoms with Gasteiger partial charge in [-0.1, -0.05) is 11.3 Å². The first-order chi connectivity index (χ1) is 5.95. The van der Waals surface area contributed by atoms with Gasteiger partial charge in [0, 0.05) is 6.20 Å². The lowest BCUT2D eigenvalue weighted by atomic mass is 10.4. The molecule has 0 saturated carbocycles. The molecule has 2 rings (SSSR count). The molecule has 0 amide bonds. The number of hydrogen-bond acceptors (Lipinski definition) is 5. The minimum atomic E-state index is 0.704. The third-order valence-electron chi connectivity index (χ3n) is 1.35. The number of nitrogens with zero attached hydrogens (tertiary/aromatic N) is 3. The van der Waals surface area contributed by atoms with Gasteiger partial charge in [0.25, 0.3) is 0 Å². The van der Waals surface area contributed by atoms with Crippen LogP contribution in [-0.4, -0.2) is 20.4 Å². The lowest BCUT2D eigenvalue weighted by Crippen LogP contribution is -1.99. The fraction of sp³-hybridized carbons (Fsp3) is 0.167. The van der Waals surface area contributed by atoms with E-state index < -0.39 is 0 Å². The van der Waals surface area contributed by atoms with Crippen LogP contribution >= 0.6 is 11.3 Å². The first-order valence-corrected chi connectivity index (χ1v) is 4.31. The summed E-state index contributed by atoms with van der Waals surface area (Å²) in [4.78, 5) is 0. The van der Waals surface area contributed by atoms with Crippen LogP contribution in [0, 0.1) is 0 Å². The van der Waals surface area contributed by atoms with Crippen LogP contribution in [0.4, 0.5) is 5.13 Å². The van der Waals surface area contributed by atoms with E-state index in [-0.39, 0.29) is 0 Å². The third kappa shape index (κ3) is 1.59. The molecule has 5 nitrogen and oxygen atoms in total. The summed E-state index contributed by atoms with van der Waals surface area (Å²) in [7, 11) is 0. The minimum Gasteiger partial charge on any atom is -0.354 e. The van der Waals surface area contributed by atoms with Crippen molar-refractivity contribution in [3.63, 3.8) is 0 Å². The summed E-state index contributed by atoms with van der Waals surface area (Å²) in [5.41, 5.74) is 2.72. The predicted molar refractivity (Wildman–Crippen MR) is 45.8 cm³/mol. The van der Waals surface area contributed by atoms with Crippen molar-refractivity contribution in [2.45, 2.75) is 6.54 Å². The van der Waals surface area contributed by atoms with Gasteiger partial charge in [-0.25, -0.2) is 0 Å². The Kier molecular flexibility index (Phi) is 2.00. The van der Waals surface area contributed by atoms with Gasteiger partial charge in [0.15, 0.2) is 0 Å². The summed E-state index contributed by atoms with van der Waals surface area (Å²) in [6, 6.07) is 1.91. The zero-order valence-corrected chi connectivity index (χ0v) is 7.01. The van der Waals surface area contributed by atoms with Crippen LogP contribution in [0.1, 0.15) is 5.69 Å². The van der Waals surface area contributed by atoms with Crippen molar-refractivity contribution in [3.05, 3.63) is 23.5 Å². The summed E-state index contributed by atoms with van der Waals surface area (Å²) >= 11 is 1.48. The van der Waals surface area contributed by atoms with Crippen molar-refractivity contribution in [3.8, 4) is 0 Å². The first kappa shape index (κ1) is 7.23. The molecule has 0 aliphatic carbocycles. The molecule has 0 radical (unpaired) electrons. The highest BCUT2D eigenvalue weighted by molar-refractivity contribution is 7.13. The maximum Gasteiger partial charge on any atom is 0.205 e. The highest BCUT2D eigenvalue weighted by Crippen LogP contribution is 2.08. The highest BCUT2D eigenvalue weighted by Gasteiger charge is 1.95. The Morgan fingerprint density at radius 2 is 2.58 bits per heavy atom. The quantitative estimate of drug-likeness (QED) is 0.737. The van der Waals surface area contributed by atoms with E-state index in [1.165, 1.54) is 11.3 Å². The Bertz CT molecular complexity index is 279. The number of rotatable bonds is 3. The van der Waals surface area contributed by atoms with E-state index in [2.05, 4.69) is 25.7 Å². The molecule has 0 aliphatic heterocycles. The molecule has 12 heavy (non-hydrogen) atoms. The molecule has 62 valence electrons. The summed E-state index contributed by atoms with van der Waals surface area (Å²) in [5, 5.41) is 18.1. The van der Waals surface area contributed by atoms with Crippen molar-refractivity contribution >= 4 is 16.5 Å². The van der Waals surface area contributed by atoms with Crippen LogP contribution in [0.3, 0.4) is 0 Å². The molecule has 0 spiro atoms. The minimum absolute atomic E-state index is 0.704. The third-order valence-corrected chi connectivity index (χ3v) is 2.00. The van der Waals surface area contributed by atoms with Gasteiger partial charge in [0.1, 0.15) is 5.51 Å². The van der Waals surface area contributed by atoms with Gasteiger partial charge in [0.2, 0.25) is 5.13 Å². The Morgan fingerprint density at radius 3 is 3.25 bits per heavy atom. The molecular formula is C6H7N5S. The number of hydrogen-bond donors (Lipinski definition) is 2. The molecule has 2 N–H and O–H groups in total. The SMILES string of the molecule is c1cc(CNc2nncs2)[nH]n1. The molecule has 0 bridgehead atoms. The molecule has 2 heterocycles. The molecule has 0 unspecified atom stereocenters. The zero-order chi connectivity index (χ0) is 8.23. The largest absolute Gasteiger partial charge is 0.354 e. The van der Waals surface area contributed by atoms with Crippen molar-refractivity contribution in [1.29, 1.82) is 0 Å². The lowest BCUT2D eigenvalue weighted by Gasteiger charge is -1.96. The number of nitrogens with one attached hydrogen (secondary N) is 2. The van der Waals surface area contributed by atoms with Crippen LogP contribution in [0.2, 0.25) is 0 Å². The summed E-state index contributed by atoms with van der Waals surface area (Å²) in [6.07, 6.45) is 1.72. The van der Waals surface area contributed by atoms with Gasteiger partial charge < -0.3 is 5.32 Å². The summed E-state index contributed by atoms with van der Waals surface area (Å²) in [6.45, 7) is 0.704. The topological polar surface area (TPSA) is 66.5 Å². The molecule has 0 aliphatic rings. The number of aromatic nitrogens is 4. The van der Waals surface area contributed by atoms with Gasteiger partial charge in [0.05, 0.1) is 12.2 Å². The van der Waals surface area contributed by atoms with E-state index in [0.717, 1.165) is 10.8 Å². The van der Waals surface area contributed by atoms with Gasteiger partial charge in [-0.15, -0.1) is 10.2 Å². The standard InChI is InChI=1S/C6H7N5S/c1-2-8-10-5(1)3-7-6-11-9-4-12-6/h1-2,4H,3H2,(H,7,11)(H,8,10). The first-order valence-electron chi connectivity index (χ1n) is 3.43. The van der Waals surface area contributed by atoms with Crippen molar-refractivity contribution in [2.75, 3.05) is 5.32 Å². The van der Waals surface area contributed by atoms with E-state index in [4.69, 9.17) is 0 Å². The molecular weight excluding hydrogens is 174 g/mol. The van der Waals surface area contributed by atoms with E-state index >= 15 is 0 Å². The maximum absolute atomic E-state index is 3.84. The molecule has 2 aromatic rings. The second-order valence-electron chi connectivity index (χ2n) is 2.18. The average molecular weight is 181 g/mol. The average Bonchev–Trinajstić information content (AvgIpc) is 2.74. The van der Waals surface area contributed by atoms with E-state index in [0.29, 0.717) is 6.54 Å². The summed E-state index contributed by atoms with van der Waals surface area (Å²) in [5.74, 6) is 0. The van der Waals surface area contributed by atoms with E-state index in [1.807, 2.05) is 6.07 Å². The lowest BCUT2D eigenvalue weighted by molar-refractivity contribution is 0.970. The van der Waals surface area contributed by atoms with Gasteiger partial charge in [-0.2, -0.15) is 5.10 Å². The number of anilines is 1. The van der Waals surface area contributed by atoms with Crippen molar-refractivity contribution in [2.24, 2.45) is 0 Å². The Balaban J connectivity index is 1.91. The van der Waals surface area contributed by atoms with Crippen LogP contribution in [0.25, 0.3) is 0 Å². The zero-order valence-electron chi connectivity index (χ0n) is 6.19. The molecule has 0 saturated heterocycles. The van der Waals surface area contributed by atoms with E-state index in [1.54, 1.807) is 11.7 Å². The Labute approximate surface area is 72.8 Å². The Hall–Kier alpha value is -1.43.